The first-order valence-corrected chi connectivity index (χ1v) is 10.3. The summed E-state index contributed by atoms with van der Waals surface area (Å²) in [7, 11) is 1.69. The van der Waals surface area contributed by atoms with Crippen LogP contribution < -0.4 is 4.74 Å². The van der Waals surface area contributed by atoms with Crippen molar-refractivity contribution in [1.82, 2.24) is 9.80 Å². The number of piperidine rings is 2. The average Bonchev–Trinajstić information content (AvgIpc) is 2.74. The van der Waals surface area contributed by atoms with Crippen LogP contribution in [0.2, 0.25) is 0 Å². The van der Waals surface area contributed by atoms with Gasteiger partial charge < -0.3 is 14.5 Å². The molecule has 0 radical (unpaired) electrons. The summed E-state index contributed by atoms with van der Waals surface area (Å²) in [5, 5.41) is 0. The van der Waals surface area contributed by atoms with E-state index in [1.54, 1.807) is 7.11 Å². The molecule has 148 valence electrons. The van der Waals surface area contributed by atoms with Gasteiger partial charge in [0, 0.05) is 32.6 Å². The van der Waals surface area contributed by atoms with Crippen LogP contribution in [0.4, 0.5) is 0 Å². The van der Waals surface area contributed by atoms with Gasteiger partial charge in [-0.25, -0.2) is 0 Å². The largest absolute Gasteiger partial charge is 0.497 e. The number of benzene rings is 1. The Hall–Kier alpha value is -2.04. The SMILES string of the molecule is CCC(=O)N1CCC[C@@H](C(=O)N2CCC(Cc3ccc(OC)cc3)CC2)C1. The fourth-order valence-electron chi connectivity index (χ4n) is 4.34. The molecular formula is C22H32N2O3. The number of carbonyl (C=O) groups excluding carboxylic acids is 2. The van der Waals surface area contributed by atoms with Gasteiger partial charge in [0.25, 0.3) is 0 Å². The zero-order chi connectivity index (χ0) is 19.2. The van der Waals surface area contributed by atoms with E-state index in [2.05, 4.69) is 12.1 Å². The van der Waals surface area contributed by atoms with Crippen molar-refractivity contribution in [1.29, 1.82) is 0 Å². The zero-order valence-electron chi connectivity index (χ0n) is 16.7. The third-order valence-electron chi connectivity index (χ3n) is 6.04. The molecule has 0 N–H and O–H groups in total. The smallest absolute Gasteiger partial charge is 0.227 e. The van der Waals surface area contributed by atoms with E-state index >= 15 is 0 Å². The van der Waals surface area contributed by atoms with Gasteiger partial charge in [0.15, 0.2) is 0 Å². The number of amides is 2. The molecule has 0 spiro atoms. The molecule has 0 bridgehead atoms. The van der Waals surface area contributed by atoms with Gasteiger partial charge in [-0.2, -0.15) is 0 Å². The summed E-state index contributed by atoms with van der Waals surface area (Å²) >= 11 is 0. The molecule has 1 aromatic carbocycles. The Kier molecular flexibility index (Phi) is 6.75. The number of hydrogen-bond acceptors (Lipinski definition) is 3. The minimum atomic E-state index is -0.00705. The molecule has 0 aromatic heterocycles. The summed E-state index contributed by atoms with van der Waals surface area (Å²) in [4.78, 5) is 28.8. The minimum Gasteiger partial charge on any atom is -0.497 e. The van der Waals surface area contributed by atoms with Gasteiger partial charge >= 0.3 is 0 Å². The van der Waals surface area contributed by atoms with Crippen molar-refractivity contribution in [3.05, 3.63) is 29.8 Å². The van der Waals surface area contributed by atoms with E-state index < -0.39 is 0 Å². The Labute approximate surface area is 162 Å². The molecule has 2 fully saturated rings. The maximum Gasteiger partial charge on any atom is 0.227 e. The second-order valence-electron chi connectivity index (χ2n) is 7.85. The molecule has 2 heterocycles. The van der Waals surface area contributed by atoms with Crippen LogP contribution in [-0.4, -0.2) is 54.9 Å². The predicted octanol–water partition coefficient (Wildman–Crippen LogP) is 3.12. The van der Waals surface area contributed by atoms with E-state index in [0.29, 0.717) is 18.9 Å². The predicted molar refractivity (Wildman–Crippen MR) is 106 cm³/mol. The first-order valence-electron chi connectivity index (χ1n) is 10.3. The molecule has 0 aliphatic carbocycles. The first kappa shape index (κ1) is 19.7. The highest BCUT2D eigenvalue weighted by Gasteiger charge is 2.32. The standard InChI is InChI=1S/C22H32N2O3/c1-3-21(25)24-12-4-5-19(16-24)22(26)23-13-10-18(11-14-23)15-17-6-8-20(27-2)9-7-17/h6-9,18-19H,3-5,10-16H2,1-2H3/t19-/m1/s1. The van der Waals surface area contributed by atoms with Crippen molar-refractivity contribution in [3.63, 3.8) is 0 Å². The normalized spacial score (nSPS) is 21.2. The Balaban J connectivity index is 1.48. The van der Waals surface area contributed by atoms with Gasteiger partial charge in [-0.15, -0.1) is 0 Å². The number of methoxy groups -OCH3 is 1. The van der Waals surface area contributed by atoms with Crippen LogP contribution in [0.15, 0.2) is 24.3 Å². The molecule has 3 rings (SSSR count). The molecule has 0 unspecified atom stereocenters. The fraction of sp³-hybridized carbons (Fsp3) is 0.636. The second-order valence-corrected chi connectivity index (χ2v) is 7.85. The quantitative estimate of drug-likeness (QED) is 0.798. The van der Waals surface area contributed by atoms with E-state index in [1.165, 1.54) is 5.56 Å². The summed E-state index contributed by atoms with van der Waals surface area (Å²) in [5.41, 5.74) is 1.33. The van der Waals surface area contributed by atoms with Crippen molar-refractivity contribution < 1.29 is 14.3 Å². The van der Waals surface area contributed by atoms with Crippen LogP contribution in [0, 0.1) is 11.8 Å². The number of rotatable bonds is 5. The van der Waals surface area contributed by atoms with Crippen LogP contribution in [0.5, 0.6) is 5.75 Å². The summed E-state index contributed by atoms with van der Waals surface area (Å²) in [5.74, 6) is 1.94. The molecule has 0 saturated carbocycles. The first-order chi connectivity index (χ1) is 13.1. The Morgan fingerprint density at radius 1 is 1.04 bits per heavy atom. The number of hydrogen-bond donors (Lipinski definition) is 0. The fourth-order valence-corrected chi connectivity index (χ4v) is 4.34. The number of ether oxygens (including phenoxy) is 1. The lowest BCUT2D eigenvalue weighted by atomic mass is 9.89. The van der Waals surface area contributed by atoms with Crippen molar-refractivity contribution in [3.8, 4) is 5.75 Å². The molecule has 1 atom stereocenters. The van der Waals surface area contributed by atoms with Gasteiger partial charge in [0.05, 0.1) is 13.0 Å². The van der Waals surface area contributed by atoms with Crippen LogP contribution in [0.3, 0.4) is 0 Å². The van der Waals surface area contributed by atoms with E-state index in [1.807, 2.05) is 28.9 Å². The molecular weight excluding hydrogens is 340 g/mol. The second kappa shape index (κ2) is 9.25. The van der Waals surface area contributed by atoms with E-state index in [4.69, 9.17) is 4.74 Å². The summed E-state index contributed by atoms with van der Waals surface area (Å²) < 4.78 is 5.22. The number of nitrogens with zero attached hydrogens (tertiary/aromatic N) is 2. The molecule has 5 nitrogen and oxygen atoms in total. The number of likely N-dealkylation sites (tertiary alicyclic amines) is 2. The Bertz CT molecular complexity index is 635. The Morgan fingerprint density at radius 2 is 1.74 bits per heavy atom. The molecule has 1 aromatic rings. The van der Waals surface area contributed by atoms with Crippen LogP contribution in [-0.2, 0) is 16.0 Å². The lowest BCUT2D eigenvalue weighted by Gasteiger charge is -2.38. The molecule has 2 saturated heterocycles. The summed E-state index contributed by atoms with van der Waals surface area (Å²) in [6.07, 6.45) is 5.56. The highest BCUT2D eigenvalue weighted by molar-refractivity contribution is 5.81. The summed E-state index contributed by atoms with van der Waals surface area (Å²) in [6.45, 7) is 4.99. The third-order valence-corrected chi connectivity index (χ3v) is 6.04. The van der Waals surface area contributed by atoms with Gasteiger partial charge in [-0.3, -0.25) is 9.59 Å². The van der Waals surface area contributed by atoms with E-state index in [9.17, 15) is 9.59 Å². The zero-order valence-corrected chi connectivity index (χ0v) is 16.7. The summed E-state index contributed by atoms with van der Waals surface area (Å²) in [6, 6.07) is 8.30. The molecule has 2 aliphatic rings. The third kappa shape index (κ3) is 5.02. The highest BCUT2D eigenvalue weighted by atomic mass is 16.5. The lowest BCUT2D eigenvalue weighted by Crippen LogP contribution is -2.48. The maximum atomic E-state index is 12.9. The van der Waals surface area contributed by atoms with Crippen molar-refractivity contribution in [2.75, 3.05) is 33.3 Å². The van der Waals surface area contributed by atoms with E-state index in [-0.39, 0.29) is 17.7 Å². The topological polar surface area (TPSA) is 49.9 Å². The highest BCUT2D eigenvalue weighted by Crippen LogP contribution is 2.26. The van der Waals surface area contributed by atoms with Gasteiger partial charge in [-0.1, -0.05) is 19.1 Å². The lowest BCUT2D eigenvalue weighted by molar-refractivity contribution is -0.141. The maximum absolute atomic E-state index is 12.9. The number of carbonyl (C=O) groups is 2. The van der Waals surface area contributed by atoms with Crippen LogP contribution in [0.1, 0.15) is 44.6 Å². The molecule has 5 heteroatoms. The van der Waals surface area contributed by atoms with Crippen molar-refractivity contribution in [2.24, 2.45) is 11.8 Å². The van der Waals surface area contributed by atoms with Crippen molar-refractivity contribution in [2.45, 2.75) is 45.4 Å². The molecule has 27 heavy (non-hydrogen) atoms. The molecule has 2 aliphatic heterocycles. The Morgan fingerprint density at radius 3 is 2.37 bits per heavy atom. The van der Waals surface area contributed by atoms with Gasteiger partial charge in [0.2, 0.25) is 11.8 Å². The van der Waals surface area contributed by atoms with Crippen molar-refractivity contribution >= 4 is 11.8 Å². The monoisotopic (exact) mass is 372 g/mol. The minimum absolute atomic E-state index is 0.00705. The average molecular weight is 373 g/mol. The molecule has 2 amide bonds. The van der Waals surface area contributed by atoms with Gasteiger partial charge in [-0.05, 0) is 55.7 Å². The van der Waals surface area contributed by atoms with Crippen LogP contribution >= 0.6 is 0 Å². The van der Waals surface area contributed by atoms with Gasteiger partial charge in [0.1, 0.15) is 5.75 Å². The van der Waals surface area contributed by atoms with Crippen LogP contribution in [0.25, 0.3) is 0 Å². The van der Waals surface area contributed by atoms with E-state index in [0.717, 1.165) is 57.5 Å².